The molecule has 0 heterocycles. The number of rotatable bonds is 9. The molecule has 0 fully saturated rings. The second kappa shape index (κ2) is 12.3. The summed E-state index contributed by atoms with van der Waals surface area (Å²) >= 11 is 8.62. The number of nitrogens with one attached hydrogen (secondary N) is 3. The molecule has 0 bridgehead atoms. The highest BCUT2D eigenvalue weighted by atomic mass is 79.9. The van der Waals surface area contributed by atoms with Crippen LogP contribution in [0.25, 0.3) is 0 Å². The minimum Gasteiger partial charge on any atom is -0.490 e. The van der Waals surface area contributed by atoms with Crippen molar-refractivity contribution in [3.05, 3.63) is 81.8 Å². The lowest BCUT2D eigenvalue weighted by Gasteiger charge is -2.13. The van der Waals surface area contributed by atoms with Crippen molar-refractivity contribution in [3.8, 4) is 5.75 Å². The second-order valence-corrected chi connectivity index (χ2v) is 10.8. The van der Waals surface area contributed by atoms with Crippen molar-refractivity contribution < 1.29 is 22.7 Å². The average molecular weight is 593 g/mol. The molecule has 0 spiro atoms. The van der Waals surface area contributed by atoms with E-state index in [2.05, 4.69) is 31.3 Å². The van der Waals surface area contributed by atoms with E-state index in [1.54, 1.807) is 49.6 Å². The Morgan fingerprint density at radius 2 is 1.64 bits per heavy atom. The Hall–Kier alpha value is -2.99. The molecule has 3 N–H and O–H groups in total. The third-order valence-electron chi connectivity index (χ3n) is 5.15. The molecule has 0 aliphatic carbocycles. The van der Waals surface area contributed by atoms with E-state index in [9.17, 15) is 13.2 Å². The molecule has 0 aromatic heterocycles. The van der Waals surface area contributed by atoms with Gasteiger partial charge in [-0.15, -0.1) is 0 Å². The summed E-state index contributed by atoms with van der Waals surface area (Å²) in [4.78, 5) is 12.7. The summed E-state index contributed by atoms with van der Waals surface area (Å²) in [5.41, 5.74) is 3.46. The van der Waals surface area contributed by atoms with Gasteiger partial charge in [0.2, 0.25) is 0 Å². The molecule has 3 rings (SSSR count). The average Bonchev–Trinajstić information content (AvgIpc) is 2.82. The Bertz CT molecular complexity index is 1360. The molecule has 0 unspecified atom stereocenters. The monoisotopic (exact) mass is 591 g/mol. The summed E-state index contributed by atoms with van der Waals surface area (Å²) < 4.78 is 39.2. The second-order valence-electron chi connectivity index (χ2n) is 7.82. The standard InChI is InChI=1S/C25H26BrN3O5S2/c1-16-4-6-20(14-17(16)2)29-36(31,32)21-9-7-19(8-10-21)27-25(35)28-24(30)18-5-11-23(22(26)15-18)34-13-12-33-3/h4-11,14-15,29H,12-13H2,1-3H3,(H2,27,28,30,35). The number of carbonyl (C=O) groups excluding carboxylic acids is 1. The number of halogens is 1. The summed E-state index contributed by atoms with van der Waals surface area (Å²) in [6.07, 6.45) is 0. The highest BCUT2D eigenvalue weighted by Gasteiger charge is 2.15. The lowest BCUT2D eigenvalue weighted by atomic mass is 10.1. The van der Waals surface area contributed by atoms with Crippen LogP contribution in [-0.4, -0.2) is 39.8 Å². The zero-order valence-corrected chi connectivity index (χ0v) is 23.1. The Morgan fingerprint density at radius 3 is 2.28 bits per heavy atom. The van der Waals surface area contributed by atoms with Gasteiger partial charge in [0.05, 0.1) is 16.0 Å². The van der Waals surface area contributed by atoms with Crippen molar-refractivity contribution in [2.24, 2.45) is 0 Å². The molecule has 36 heavy (non-hydrogen) atoms. The number of hydrogen-bond donors (Lipinski definition) is 3. The highest BCUT2D eigenvalue weighted by molar-refractivity contribution is 9.10. The SMILES string of the molecule is COCCOc1ccc(C(=O)NC(=S)Nc2ccc(S(=O)(=O)Nc3ccc(C)c(C)c3)cc2)cc1Br. The van der Waals surface area contributed by atoms with Crippen LogP contribution >= 0.6 is 28.1 Å². The van der Waals surface area contributed by atoms with Gasteiger partial charge in [-0.05, 0) is 108 Å². The number of ether oxygens (including phenoxy) is 2. The summed E-state index contributed by atoms with van der Waals surface area (Å²) in [6.45, 7) is 4.71. The number of benzene rings is 3. The van der Waals surface area contributed by atoms with Gasteiger partial charge in [-0.3, -0.25) is 14.8 Å². The molecule has 0 saturated heterocycles. The first-order valence-electron chi connectivity index (χ1n) is 10.8. The molecule has 190 valence electrons. The fraction of sp³-hybridized carbons (Fsp3) is 0.200. The Balaban J connectivity index is 1.59. The van der Waals surface area contributed by atoms with Crippen LogP contribution in [0.5, 0.6) is 5.75 Å². The molecule has 3 aromatic carbocycles. The first-order valence-corrected chi connectivity index (χ1v) is 13.5. The van der Waals surface area contributed by atoms with Crippen molar-refractivity contribution in [1.82, 2.24) is 5.32 Å². The molecular weight excluding hydrogens is 566 g/mol. The number of sulfonamides is 1. The van der Waals surface area contributed by atoms with Crippen LogP contribution in [0.2, 0.25) is 0 Å². The minimum atomic E-state index is -3.76. The quantitative estimate of drug-likeness (QED) is 0.237. The van der Waals surface area contributed by atoms with Gasteiger partial charge in [0, 0.05) is 24.0 Å². The van der Waals surface area contributed by atoms with Crippen molar-refractivity contribution >= 4 is 60.6 Å². The summed E-state index contributed by atoms with van der Waals surface area (Å²) in [6, 6.07) is 16.3. The molecular formula is C25H26BrN3O5S2. The van der Waals surface area contributed by atoms with Crippen LogP contribution in [-0.2, 0) is 14.8 Å². The molecule has 0 atom stereocenters. The predicted octanol–water partition coefficient (Wildman–Crippen LogP) is 5.02. The van der Waals surface area contributed by atoms with Crippen LogP contribution < -0.4 is 20.1 Å². The number of amides is 1. The molecule has 0 aliphatic rings. The van der Waals surface area contributed by atoms with E-state index in [4.69, 9.17) is 21.7 Å². The fourth-order valence-electron chi connectivity index (χ4n) is 3.07. The third kappa shape index (κ3) is 7.50. The number of hydrogen-bond acceptors (Lipinski definition) is 6. The first-order chi connectivity index (χ1) is 17.1. The molecule has 8 nitrogen and oxygen atoms in total. The maximum atomic E-state index is 12.7. The summed E-state index contributed by atoms with van der Waals surface area (Å²) in [5, 5.41) is 5.55. The van der Waals surface area contributed by atoms with Gasteiger partial charge < -0.3 is 14.8 Å². The van der Waals surface area contributed by atoms with Gasteiger partial charge >= 0.3 is 0 Å². The normalized spacial score (nSPS) is 11.0. The summed E-state index contributed by atoms with van der Waals surface area (Å²) in [7, 11) is -2.17. The number of carbonyl (C=O) groups is 1. The van der Waals surface area contributed by atoms with Crippen LogP contribution in [0.3, 0.4) is 0 Å². The van der Waals surface area contributed by atoms with Gasteiger partial charge in [-0.1, -0.05) is 6.07 Å². The lowest BCUT2D eigenvalue weighted by molar-refractivity contribution is 0.0977. The van der Waals surface area contributed by atoms with Gasteiger partial charge in [-0.25, -0.2) is 8.42 Å². The molecule has 1 amide bonds. The number of methoxy groups -OCH3 is 1. The van der Waals surface area contributed by atoms with Crippen molar-refractivity contribution in [3.63, 3.8) is 0 Å². The van der Waals surface area contributed by atoms with Crippen molar-refractivity contribution in [1.29, 1.82) is 0 Å². The maximum Gasteiger partial charge on any atom is 0.261 e. The van der Waals surface area contributed by atoms with Crippen LogP contribution in [0.4, 0.5) is 11.4 Å². The highest BCUT2D eigenvalue weighted by Crippen LogP contribution is 2.26. The Morgan fingerprint density at radius 1 is 0.944 bits per heavy atom. The summed E-state index contributed by atoms with van der Waals surface area (Å²) in [5.74, 6) is 0.180. The van der Waals surface area contributed by atoms with E-state index in [0.717, 1.165) is 11.1 Å². The third-order valence-corrected chi connectivity index (χ3v) is 7.37. The van der Waals surface area contributed by atoms with E-state index < -0.39 is 15.9 Å². The predicted molar refractivity (Wildman–Crippen MR) is 148 cm³/mol. The first kappa shape index (κ1) is 27.6. The number of aryl methyl sites for hydroxylation is 2. The van der Waals surface area contributed by atoms with Crippen molar-refractivity contribution in [2.45, 2.75) is 18.7 Å². The molecule has 3 aromatic rings. The van der Waals surface area contributed by atoms with Gasteiger partial charge in [-0.2, -0.15) is 0 Å². The van der Waals surface area contributed by atoms with Crippen molar-refractivity contribution in [2.75, 3.05) is 30.4 Å². The fourth-order valence-corrected chi connectivity index (χ4v) is 4.82. The molecule has 0 saturated carbocycles. The molecule has 0 aliphatic heterocycles. The Labute approximate surface area is 224 Å². The maximum absolute atomic E-state index is 12.7. The largest absolute Gasteiger partial charge is 0.490 e. The van der Waals surface area contributed by atoms with Crippen LogP contribution in [0, 0.1) is 13.8 Å². The number of anilines is 2. The van der Waals surface area contributed by atoms with E-state index in [1.165, 1.54) is 12.1 Å². The molecule has 11 heteroatoms. The van der Waals surface area contributed by atoms with Gasteiger partial charge in [0.25, 0.3) is 15.9 Å². The van der Waals surface area contributed by atoms with E-state index in [0.29, 0.717) is 40.4 Å². The Kier molecular flexibility index (Phi) is 9.43. The minimum absolute atomic E-state index is 0.0698. The molecule has 0 radical (unpaired) electrons. The van der Waals surface area contributed by atoms with Gasteiger partial charge in [0.15, 0.2) is 5.11 Å². The zero-order chi connectivity index (χ0) is 26.3. The van der Waals surface area contributed by atoms with Crippen LogP contribution in [0.1, 0.15) is 21.5 Å². The lowest BCUT2D eigenvalue weighted by Crippen LogP contribution is -2.34. The van der Waals surface area contributed by atoms with Gasteiger partial charge in [0.1, 0.15) is 12.4 Å². The zero-order valence-electron chi connectivity index (χ0n) is 19.9. The topological polar surface area (TPSA) is 106 Å². The van der Waals surface area contributed by atoms with E-state index in [1.807, 2.05) is 19.9 Å². The number of thiocarbonyl (C=S) groups is 1. The van der Waals surface area contributed by atoms with E-state index >= 15 is 0 Å². The van der Waals surface area contributed by atoms with E-state index in [-0.39, 0.29) is 10.0 Å². The van der Waals surface area contributed by atoms with Crippen LogP contribution in [0.15, 0.2) is 70.0 Å². The smallest absolute Gasteiger partial charge is 0.261 e.